The first-order valence-electron chi connectivity index (χ1n) is 9.84. The number of benzene rings is 1. The number of thiophene rings is 1. The van der Waals surface area contributed by atoms with Crippen LogP contribution in [0.4, 0.5) is 0 Å². The van der Waals surface area contributed by atoms with Crippen LogP contribution in [0, 0.1) is 0 Å². The van der Waals surface area contributed by atoms with Crippen molar-refractivity contribution in [3.8, 4) is 22.1 Å². The highest BCUT2D eigenvalue weighted by Crippen LogP contribution is 2.34. The predicted molar refractivity (Wildman–Crippen MR) is 117 cm³/mol. The minimum atomic E-state index is 0.115. The lowest BCUT2D eigenvalue weighted by Crippen LogP contribution is -2.37. The molecule has 5 nitrogen and oxygen atoms in total. The Morgan fingerprint density at radius 3 is 2.59 bits per heavy atom. The average Bonchev–Trinajstić information content (AvgIpc) is 3.40. The second kappa shape index (κ2) is 8.97. The molecule has 2 aromatic heterocycles. The third kappa shape index (κ3) is 4.46. The number of aromatic nitrogens is 1. The Morgan fingerprint density at radius 1 is 1.14 bits per heavy atom. The molecule has 3 heterocycles. The van der Waals surface area contributed by atoms with E-state index in [4.69, 9.17) is 9.47 Å². The number of nitrogens with zero attached hydrogens (tertiary/aromatic N) is 2. The largest absolute Gasteiger partial charge is 0.490 e. The molecule has 4 rings (SSSR count). The molecule has 0 saturated heterocycles. The number of fused-ring (bicyclic) bond motifs is 1. The summed E-state index contributed by atoms with van der Waals surface area (Å²) in [5.74, 6) is 1.66. The molecular formula is C22H24N2O3S2. The monoisotopic (exact) mass is 428 g/mol. The highest BCUT2D eigenvalue weighted by Gasteiger charge is 2.24. The van der Waals surface area contributed by atoms with Crippen LogP contribution in [0.15, 0.2) is 34.3 Å². The maximum Gasteiger partial charge on any atom is 0.228 e. The first-order valence-corrected chi connectivity index (χ1v) is 11.7. The van der Waals surface area contributed by atoms with E-state index in [1.165, 1.54) is 5.56 Å². The van der Waals surface area contributed by atoms with Crippen molar-refractivity contribution < 1.29 is 14.3 Å². The van der Waals surface area contributed by atoms with Gasteiger partial charge in [-0.25, -0.2) is 4.98 Å². The number of carbonyl (C=O) groups is 1. The summed E-state index contributed by atoms with van der Waals surface area (Å²) in [6.07, 6.45) is 1.16. The lowest BCUT2D eigenvalue weighted by molar-refractivity contribution is -0.131. The van der Waals surface area contributed by atoms with Crippen LogP contribution < -0.4 is 9.47 Å². The van der Waals surface area contributed by atoms with Gasteiger partial charge in [-0.1, -0.05) is 0 Å². The van der Waals surface area contributed by atoms with E-state index in [2.05, 4.69) is 22.5 Å². The molecule has 0 atom stereocenters. The van der Waals surface area contributed by atoms with Crippen LogP contribution in [0.3, 0.4) is 0 Å². The van der Waals surface area contributed by atoms with E-state index < -0.39 is 0 Å². The number of rotatable bonds is 7. The van der Waals surface area contributed by atoms with Crippen LogP contribution in [0.2, 0.25) is 0 Å². The third-order valence-electron chi connectivity index (χ3n) is 4.88. The van der Waals surface area contributed by atoms with E-state index in [-0.39, 0.29) is 5.91 Å². The second-order valence-electron chi connectivity index (χ2n) is 6.83. The van der Waals surface area contributed by atoms with Crippen molar-refractivity contribution in [3.05, 3.63) is 51.2 Å². The van der Waals surface area contributed by atoms with E-state index >= 15 is 0 Å². The van der Waals surface area contributed by atoms with Crippen LogP contribution >= 0.6 is 22.7 Å². The summed E-state index contributed by atoms with van der Waals surface area (Å²) in [7, 11) is 0. The molecule has 1 aliphatic heterocycles. The van der Waals surface area contributed by atoms with E-state index in [0.29, 0.717) is 32.7 Å². The smallest absolute Gasteiger partial charge is 0.228 e. The van der Waals surface area contributed by atoms with E-state index in [9.17, 15) is 4.79 Å². The molecule has 1 aromatic carbocycles. The van der Waals surface area contributed by atoms with Gasteiger partial charge >= 0.3 is 0 Å². The molecule has 0 saturated carbocycles. The summed E-state index contributed by atoms with van der Waals surface area (Å²) in [6.45, 7) is 6.43. The van der Waals surface area contributed by atoms with Crippen molar-refractivity contribution in [2.24, 2.45) is 0 Å². The summed E-state index contributed by atoms with van der Waals surface area (Å²) in [5.41, 5.74) is 4.33. The normalized spacial score (nSPS) is 13.2. The molecule has 0 fully saturated rings. The molecule has 0 aliphatic carbocycles. The topological polar surface area (TPSA) is 51.7 Å². The van der Waals surface area contributed by atoms with Gasteiger partial charge in [-0.2, -0.15) is 11.3 Å². The Labute approximate surface area is 178 Å². The van der Waals surface area contributed by atoms with Gasteiger partial charge in [-0.05, 0) is 55.0 Å². The quantitative estimate of drug-likeness (QED) is 0.543. The zero-order chi connectivity index (χ0) is 20.2. The van der Waals surface area contributed by atoms with Crippen LogP contribution in [-0.4, -0.2) is 35.5 Å². The van der Waals surface area contributed by atoms with Crippen LogP contribution in [0.5, 0.6) is 11.5 Å². The Morgan fingerprint density at radius 2 is 1.90 bits per heavy atom. The summed E-state index contributed by atoms with van der Waals surface area (Å²) >= 11 is 3.25. The maximum atomic E-state index is 12.9. The average molecular weight is 429 g/mol. The molecular weight excluding hydrogens is 404 g/mol. The zero-order valence-corrected chi connectivity index (χ0v) is 18.3. The number of amides is 1. The van der Waals surface area contributed by atoms with Gasteiger partial charge in [0.1, 0.15) is 5.01 Å². The van der Waals surface area contributed by atoms with Crippen molar-refractivity contribution in [1.29, 1.82) is 0 Å². The van der Waals surface area contributed by atoms with E-state index in [1.54, 1.807) is 22.7 Å². The maximum absolute atomic E-state index is 12.9. The van der Waals surface area contributed by atoms with Crippen molar-refractivity contribution in [3.63, 3.8) is 0 Å². The van der Waals surface area contributed by atoms with Gasteiger partial charge in [-0.3, -0.25) is 4.79 Å². The second-order valence-corrected chi connectivity index (χ2v) is 8.47. The fourth-order valence-corrected chi connectivity index (χ4v) is 5.02. The van der Waals surface area contributed by atoms with Crippen molar-refractivity contribution in [2.45, 2.75) is 33.2 Å². The Kier molecular flexibility index (Phi) is 6.16. The van der Waals surface area contributed by atoms with Crippen LogP contribution in [0.1, 0.15) is 30.7 Å². The van der Waals surface area contributed by atoms with Gasteiger partial charge in [0.05, 0.1) is 25.3 Å². The molecule has 0 unspecified atom stereocenters. The lowest BCUT2D eigenvalue weighted by atomic mass is 9.98. The summed E-state index contributed by atoms with van der Waals surface area (Å²) < 4.78 is 11.5. The van der Waals surface area contributed by atoms with Crippen LogP contribution in [-0.2, 0) is 24.2 Å². The number of thiazole rings is 1. The van der Waals surface area contributed by atoms with Crippen LogP contribution in [0.25, 0.3) is 10.6 Å². The van der Waals surface area contributed by atoms with Gasteiger partial charge in [-0.15, -0.1) is 11.3 Å². The Balaban J connectivity index is 1.46. The third-order valence-corrected chi connectivity index (χ3v) is 6.51. The molecule has 29 heavy (non-hydrogen) atoms. The highest BCUT2D eigenvalue weighted by atomic mass is 32.1. The molecule has 7 heteroatoms. The lowest BCUT2D eigenvalue weighted by Gasteiger charge is -2.29. The Bertz CT molecular complexity index is 982. The fraction of sp³-hybridized carbons (Fsp3) is 0.364. The fourth-order valence-electron chi connectivity index (χ4n) is 3.49. The number of hydrogen-bond acceptors (Lipinski definition) is 6. The SMILES string of the molecule is CCOc1cc2c(cc1OCC)CN(C(=O)Cc1csc(-c3ccsc3)n1)CC2. The molecule has 3 aromatic rings. The van der Waals surface area contributed by atoms with Crippen molar-refractivity contribution >= 4 is 28.6 Å². The van der Waals surface area contributed by atoms with Gasteiger partial charge in [0.15, 0.2) is 11.5 Å². The van der Waals surface area contributed by atoms with Gasteiger partial charge in [0.2, 0.25) is 5.91 Å². The number of ether oxygens (including phenoxy) is 2. The highest BCUT2D eigenvalue weighted by molar-refractivity contribution is 7.14. The minimum absolute atomic E-state index is 0.115. The van der Waals surface area contributed by atoms with Gasteiger partial charge < -0.3 is 14.4 Å². The molecule has 0 spiro atoms. The molecule has 0 N–H and O–H groups in total. The molecule has 0 radical (unpaired) electrons. The zero-order valence-electron chi connectivity index (χ0n) is 16.6. The summed E-state index contributed by atoms with van der Waals surface area (Å²) in [5, 5.41) is 7.09. The molecule has 0 bridgehead atoms. The Hall–Kier alpha value is -2.38. The van der Waals surface area contributed by atoms with Gasteiger partial charge in [0.25, 0.3) is 0 Å². The first kappa shape index (κ1) is 19.9. The van der Waals surface area contributed by atoms with Crippen molar-refractivity contribution in [2.75, 3.05) is 19.8 Å². The number of carbonyl (C=O) groups excluding carboxylic acids is 1. The van der Waals surface area contributed by atoms with Crippen molar-refractivity contribution in [1.82, 2.24) is 9.88 Å². The molecule has 1 amide bonds. The molecule has 152 valence electrons. The van der Waals surface area contributed by atoms with E-state index in [1.807, 2.05) is 35.6 Å². The summed E-state index contributed by atoms with van der Waals surface area (Å²) in [4.78, 5) is 19.5. The standard InChI is InChI=1S/C22H24N2O3S2/c1-3-26-19-9-15-5-7-24(12-17(15)10-20(19)27-4-2)21(25)11-18-14-29-22(23-18)16-6-8-28-13-16/h6,8-10,13-14H,3-5,7,11-12H2,1-2H3. The molecule has 1 aliphatic rings. The van der Waals surface area contributed by atoms with Gasteiger partial charge in [0, 0.05) is 29.4 Å². The number of hydrogen-bond donors (Lipinski definition) is 0. The van der Waals surface area contributed by atoms with E-state index in [0.717, 1.165) is 39.7 Å². The first-order chi connectivity index (χ1) is 14.2. The summed E-state index contributed by atoms with van der Waals surface area (Å²) in [6, 6.07) is 6.16. The minimum Gasteiger partial charge on any atom is -0.490 e. The predicted octanol–water partition coefficient (Wildman–Crippen LogP) is 4.80.